The van der Waals surface area contributed by atoms with Crippen molar-refractivity contribution in [2.24, 2.45) is 0 Å². The molecule has 1 aromatic rings. The molecule has 0 heterocycles. The SMILES string of the molecule is CC(C)(CC(=O)O)NC(=O)CCc1ccc(N)cc1. The second kappa shape index (κ2) is 6.22. The Morgan fingerprint density at radius 2 is 1.84 bits per heavy atom. The van der Waals surface area contributed by atoms with Crippen LogP contribution in [-0.2, 0) is 16.0 Å². The number of benzene rings is 1. The molecule has 1 rings (SSSR count). The van der Waals surface area contributed by atoms with E-state index in [0.717, 1.165) is 5.56 Å². The van der Waals surface area contributed by atoms with Crippen LogP contribution in [0.15, 0.2) is 24.3 Å². The van der Waals surface area contributed by atoms with Gasteiger partial charge in [-0.15, -0.1) is 0 Å². The highest BCUT2D eigenvalue weighted by molar-refractivity contribution is 5.78. The van der Waals surface area contributed by atoms with Crippen LogP contribution in [0.5, 0.6) is 0 Å². The molecular formula is C14H20N2O3. The van der Waals surface area contributed by atoms with Crippen LogP contribution in [-0.4, -0.2) is 22.5 Å². The minimum atomic E-state index is -0.927. The molecule has 0 radical (unpaired) electrons. The Balaban J connectivity index is 2.43. The Hall–Kier alpha value is -2.04. The van der Waals surface area contributed by atoms with Crippen molar-refractivity contribution in [3.63, 3.8) is 0 Å². The fourth-order valence-corrected chi connectivity index (χ4v) is 1.80. The molecule has 0 aliphatic carbocycles. The lowest BCUT2D eigenvalue weighted by molar-refractivity contribution is -0.138. The zero-order chi connectivity index (χ0) is 14.5. The minimum Gasteiger partial charge on any atom is -0.481 e. The summed E-state index contributed by atoms with van der Waals surface area (Å²) in [6, 6.07) is 7.35. The summed E-state index contributed by atoms with van der Waals surface area (Å²) in [5.41, 5.74) is 6.56. The summed E-state index contributed by atoms with van der Waals surface area (Å²) in [4.78, 5) is 22.4. The summed E-state index contributed by atoms with van der Waals surface area (Å²) >= 11 is 0. The maximum absolute atomic E-state index is 11.8. The number of rotatable bonds is 6. The maximum Gasteiger partial charge on any atom is 0.305 e. The number of nitrogens with two attached hydrogens (primary N) is 1. The summed E-state index contributed by atoms with van der Waals surface area (Å²) in [7, 11) is 0. The van der Waals surface area contributed by atoms with E-state index in [-0.39, 0.29) is 12.3 Å². The number of nitrogen functional groups attached to an aromatic ring is 1. The molecule has 104 valence electrons. The van der Waals surface area contributed by atoms with Gasteiger partial charge in [-0.3, -0.25) is 9.59 Å². The van der Waals surface area contributed by atoms with E-state index in [1.165, 1.54) is 0 Å². The third-order valence-corrected chi connectivity index (χ3v) is 2.69. The molecule has 0 bridgehead atoms. The Bertz CT molecular complexity index is 452. The number of aryl methyl sites for hydroxylation is 1. The van der Waals surface area contributed by atoms with E-state index < -0.39 is 11.5 Å². The molecule has 1 aromatic carbocycles. The predicted octanol–water partition coefficient (Wildman–Crippen LogP) is 1.57. The van der Waals surface area contributed by atoms with Gasteiger partial charge in [-0.05, 0) is 38.0 Å². The van der Waals surface area contributed by atoms with Crippen LogP contribution in [0.4, 0.5) is 5.69 Å². The highest BCUT2D eigenvalue weighted by Gasteiger charge is 2.23. The van der Waals surface area contributed by atoms with Crippen molar-refractivity contribution in [1.82, 2.24) is 5.32 Å². The molecule has 5 heteroatoms. The van der Waals surface area contributed by atoms with Gasteiger partial charge in [0.25, 0.3) is 0 Å². The quantitative estimate of drug-likeness (QED) is 0.680. The third-order valence-electron chi connectivity index (χ3n) is 2.69. The fraction of sp³-hybridized carbons (Fsp3) is 0.429. The van der Waals surface area contributed by atoms with Gasteiger partial charge in [0.05, 0.1) is 6.42 Å². The lowest BCUT2D eigenvalue weighted by Crippen LogP contribution is -2.45. The Morgan fingerprint density at radius 3 is 2.37 bits per heavy atom. The molecule has 0 saturated carbocycles. The molecule has 0 aliphatic rings. The Morgan fingerprint density at radius 1 is 1.26 bits per heavy atom. The molecule has 1 amide bonds. The van der Waals surface area contributed by atoms with Crippen molar-refractivity contribution in [3.05, 3.63) is 29.8 Å². The number of hydrogen-bond donors (Lipinski definition) is 3. The van der Waals surface area contributed by atoms with Gasteiger partial charge in [-0.2, -0.15) is 0 Å². The van der Waals surface area contributed by atoms with E-state index in [9.17, 15) is 9.59 Å². The largest absolute Gasteiger partial charge is 0.481 e. The van der Waals surface area contributed by atoms with Crippen LogP contribution < -0.4 is 11.1 Å². The first-order chi connectivity index (χ1) is 8.78. The van der Waals surface area contributed by atoms with Crippen molar-refractivity contribution in [2.75, 3.05) is 5.73 Å². The first kappa shape index (κ1) is 15.0. The van der Waals surface area contributed by atoms with Gasteiger partial charge in [0.15, 0.2) is 0 Å². The molecule has 19 heavy (non-hydrogen) atoms. The van der Waals surface area contributed by atoms with E-state index in [4.69, 9.17) is 10.8 Å². The average Bonchev–Trinajstić information content (AvgIpc) is 2.25. The summed E-state index contributed by atoms with van der Waals surface area (Å²) in [6.45, 7) is 3.39. The number of carboxylic acids is 1. The van der Waals surface area contributed by atoms with Gasteiger partial charge in [0.1, 0.15) is 0 Å². The zero-order valence-electron chi connectivity index (χ0n) is 11.3. The van der Waals surface area contributed by atoms with Crippen molar-refractivity contribution >= 4 is 17.6 Å². The lowest BCUT2D eigenvalue weighted by atomic mass is 10.00. The molecule has 0 aliphatic heterocycles. The van der Waals surface area contributed by atoms with Crippen molar-refractivity contribution in [1.29, 1.82) is 0 Å². The lowest BCUT2D eigenvalue weighted by Gasteiger charge is -2.24. The molecule has 0 fully saturated rings. The highest BCUT2D eigenvalue weighted by atomic mass is 16.4. The minimum absolute atomic E-state index is 0.0966. The standard InChI is InChI=1S/C14H20N2O3/c1-14(2,9-13(18)19)16-12(17)8-5-10-3-6-11(15)7-4-10/h3-4,6-7H,5,8-9,15H2,1-2H3,(H,16,17)(H,18,19). The second-order valence-corrected chi connectivity index (χ2v) is 5.24. The predicted molar refractivity (Wildman–Crippen MR) is 73.6 cm³/mol. The topological polar surface area (TPSA) is 92.4 Å². The van der Waals surface area contributed by atoms with E-state index in [1.807, 2.05) is 12.1 Å². The van der Waals surface area contributed by atoms with Gasteiger partial charge >= 0.3 is 5.97 Å². The van der Waals surface area contributed by atoms with Crippen LogP contribution in [0.25, 0.3) is 0 Å². The Labute approximate surface area is 112 Å². The van der Waals surface area contributed by atoms with Gasteiger partial charge in [-0.1, -0.05) is 12.1 Å². The van der Waals surface area contributed by atoms with Crippen molar-refractivity contribution in [3.8, 4) is 0 Å². The van der Waals surface area contributed by atoms with Crippen LogP contribution in [0.3, 0.4) is 0 Å². The monoisotopic (exact) mass is 264 g/mol. The van der Waals surface area contributed by atoms with Gasteiger partial charge in [0, 0.05) is 17.6 Å². The van der Waals surface area contributed by atoms with E-state index in [2.05, 4.69) is 5.32 Å². The van der Waals surface area contributed by atoms with Crippen LogP contribution in [0.2, 0.25) is 0 Å². The molecule has 0 unspecified atom stereocenters. The number of hydrogen-bond acceptors (Lipinski definition) is 3. The summed E-state index contributed by atoms with van der Waals surface area (Å²) in [5, 5.41) is 11.5. The van der Waals surface area contributed by atoms with Crippen LogP contribution in [0, 0.1) is 0 Å². The zero-order valence-corrected chi connectivity index (χ0v) is 11.3. The molecule has 0 aromatic heterocycles. The van der Waals surface area contributed by atoms with Gasteiger partial charge in [-0.25, -0.2) is 0 Å². The smallest absolute Gasteiger partial charge is 0.305 e. The normalized spacial score (nSPS) is 11.1. The van der Waals surface area contributed by atoms with Crippen LogP contribution >= 0.6 is 0 Å². The molecule has 0 atom stereocenters. The van der Waals surface area contributed by atoms with E-state index in [0.29, 0.717) is 18.5 Å². The number of aliphatic carboxylic acids is 1. The fourth-order valence-electron chi connectivity index (χ4n) is 1.80. The third kappa shape index (κ3) is 5.90. The molecular weight excluding hydrogens is 244 g/mol. The first-order valence-electron chi connectivity index (χ1n) is 6.16. The highest BCUT2D eigenvalue weighted by Crippen LogP contribution is 2.10. The number of anilines is 1. The number of carboxylic acid groups (broad SMARTS) is 1. The Kier molecular flexibility index (Phi) is 4.92. The summed E-state index contributed by atoms with van der Waals surface area (Å²) in [6.07, 6.45) is 0.836. The molecule has 5 nitrogen and oxygen atoms in total. The maximum atomic E-state index is 11.8. The van der Waals surface area contributed by atoms with Crippen LogP contribution in [0.1, 0.15) is 32.3 Å². The number of amides is 1. The molecule has 4 N–H and O–H groups in total. The summed E-state index contributed by atoms with van der Waals surface area (Å²) in [5.74, 6) is -1.08. The van der Waals surface area contributed by atoms with E-state index >= 15 is 0 Å². The average molecular weight is 264 g/mol. The van der Waals surface area contributed by atoms with E-state index in [1.54, 1.807) is 26.0 Å². The number of carbonyl (C=O) groups excluding carboxylic acids is 1. The number of carbonyl (C=O) groups is 2. The first-order valence-corrected chi connectivity index (χ1v) is 6.16. The second-order valence-electron chi connectivity index (χ2n) is 5.24. The summed E-state index contributed by atoms with van der Waals surface area (Å²) < 4.78 is 0. The molecule has 0 spiro atoms. The van der Waals surface area contributed by atoms with Crippen molar-refractivity contribution < 1.29 is 14.7 Å². The van der Waals surface area contributed by atoms with Gasteiger partial charge < -0.3 is 16.2 Å². The number of nitrogens with one attached hydrogen (secondary N) is 1. The molecule has 0 saturated heterocycles. The van der Waals surface area contributed by atoms with Crippen molar-refractivity contribution in [2.45, 2.75) is 38.6 Å². The van der Waals surface area contributed by atoms with Gasteiger partial charge in [0.2, 0.25) is 5.91 Å².